The number of ether oxygens (including phenoxy) is 1. The van der Waals surface area contributed by atoms with Gasteiger partial charge in [-0.1, -0.05) is 17.3 Å². The summed E-state index contributed by atoms with van der Waals surface area (Å²) in [6.07, 6.45) is 0. The molecule has 4 N–H and O–H groups in total. The summed E-state index contributed by atoms with van der Waals surface area (Å²) in [6, 6.07) is 8.53. The van der Waals surface area contributed by atoms with Gasteiger partial charge in [0.1, 0.15) is 11.4 Å². The van der Waals surface area contributed by atoms with Crippen LogP contribution < -0.4 is 10.5 Å². The molecule has 7 nitrogen and oxygen atoms in total. The van der Waals surface area contributed by atoms with Gasteiger partial charge in [-0.2, -0.15) is 4.98 Å². The fraction of sp³-hybridized carbons (Fsp3) is 0.154. The first-order valence-electron chi connectivity index (χ1n) is 5.83. The van der Waals surface area contributed by atoms with Gasteiger partial charge in [-0.05, 0) is 30.7 Å². The third-order valence-corrected chi connectivity index (χ3v) is 2.52. The second kappa shape index (κ2) is 5.98. The van der Waals surface area contributed by atoms with Crippen molar-refractivity contribution < 1.29 is 15.1 Å². The summed E-state index contributed by atoms with van der Waals surface area (Å²) in [5.41, 5.74) is 7.18. The zero-order chi connectivity index (χ0) is 14.5. The second-order valence-corrected chi connectivity index (χ2v) is 4.07. The fourth-order valence-electron chi connectivity index (χ4n) is 1.54. The van der Waals surface area contributed by atoms with Crippen LogP contribution in [0.1, 0.15) is 17.0 Å². The Bertz CT molecular complexity index is 626. The summed E-state index contributed by atoms with van der Waals surface area (Å²) in [5.74, 6) is 0.411. The van der Waals surface area contributed by atoms with Crippen molar-refractivity contribution in [1.82, 2.24) is 9.97 Å². The zero-order valence-corrected chi connectivity index (χ0v) is 10.8. The molecule has 0 saturated carbocycles. The highest BCUT2D eigenvalue weighted by molar-refractivity contribution is 5.95. The molecule has 1 heterocycles. The number of nitrogens with two attached hydrogens (primary N) is 1. The molecule has 2 aromatic rings. The average molecular weight is 274 g/mol. The molecule has 0 bridgehead atoms. The number of amidine groups is 1. The van der Waals surface area contributed by atoms with Crippen LogP contribution >= 0.6 is 0 Å². The van der Waals surface area contributed by atoms with Crippen molar-refractivity contribution in [3.05, 3.63) is 47.3 Å². The third kappa shape index (κ3) is 3.21. The van der Waals surface area contributed by atoms with E-state index in [2.05, 4.69) is 15.1 Å². The van der Waals surface area contributed by atoms with Crippen LogP contribution in [-0.2, 0) is 6.61 Å². The van der Waals surface area contributed by atoms with Gasteiger partial charge in [0.25, 0.3) is 0 Å². The fourth-order valence-corrected chi connectivity index (χ4v) is 1.54. The summed E-state index contributed by atoms with van der Waals surface area (Å²) < 4.78 is 5.50. The first-order chi connectivity index (χ1) is 9.62. The van der Waals surface area contributed by atoms with Crippen molar-refractivity contribution in [2.24, 2.45) is 10.9 Å². The maximum atomic E-state index is 8.96. The Morgan fingerprint density at radius 2 is 2.00 bits per heavy atom. The molecule has 0 radical (unpaired) electrons. The van der Waals surface area contributed by atoms with Crippen molar-refractivity contribution in [2.45, 2.75) is 13.5 Å². The lowest BCUT2D eigenvalue weighted by Gasteiger charge is -2.07. The van der Waals surface area contributed by atoms with Gasteiger partial charge in [-0.3, -0.25) is 0 Å². The average Bonchev–Trinajstić information content (AvgIpc) is 2.46. The van der Waals surface area contributed by atoms with Crippen LogP contribution in [0.5, 0.6) is 11.8 Å². The monoisotopic (exact) mass is 274 g/mol. The molecule has 0 unspecified atom stereocenters. The Labute approximate surface area is 115 Å². The lowest BCUT2D eigenvalue weighted by Crippen LogP contribution is -2.16. The molecule has 0 aliphatic carbocycles. The summed E-state index contributed by atoms with van der Waals surface area (Å²) in [5, 5.41) is 20.5. The lowest BCUT2D eigenvalue weighted by atomic mass is 10.2. The largest absolute Gasteiger partial charge is 0.424 e. The van der Waals surface area contributed by atoms with Gasteiger partial charge in [0.2, 0.25) is 0 Å². The van der Waals surface area contributed by atoms with Crippen molar-refractivity contribution in [1.29, 1.82) is 0 Å². The summed E-state index contributed by atoms with van der Waals surface area (Å²) in [7, 11) is 0. The Kier molecular flexibility index (Phi) is 4.11. The van der Waals surface area contributed by atoms with Gasteiger partial charge < -0.3 is 20.8 Å². The van der Waals surface area contributed by atoms with E-state index in [1.165, 1.54) is 0 Å². The number of oxime groups is 1. The van der Waals surface area contributed by atoms with Crippen LogP contribution in [0.15, 0.2) is 35.5 Å². The second-order valence-electron chi connectivity index (χ2n) is 4.07. The minimum absolute atomic E-state index is 0.0329. The molecule has 0 atom stereocenters. The van der Waals surface area contributed by atoms with E-state index in [0.29, 0.717) is 11.4 Å². The van der Waals surface area contributed by atoms with Gasteiger partial charge >= 0.3 is 6.01 Å². The first-order valence-corrected chi connectivity index (χ1v) is 5.83. The van der Waals surface area contributed by atoms with E-state index < -0.39 is 0 Å². The van der Waals surface area contributed by atoms with Gasteiger partial charge in [0, 0.05) is 5.69 Å². The van der Waals surface area contributed by atoms with E-state index >= 15 is 0 Å². The van der Waals surface area contributed by atoms with E-state index in [1.807, 2.05) is 0 Å². The summed E-state index contributed by atoms with van der Waals surface area (Å²) >= 11 is 0. The smallest absolute Gasteiger partial charge is 0.322 e. The summed E-state index contributed by atoms with van der Waals surface area (Å²) in [4.78, 5) is 8.16. The van der Waals surface area contributed by atoms with Crippen molar-refractivity contribution in [2.75, 3.05) is 0 Å². The van der Waals surface area contributed by atoms with Crippen molar-refractivity contribution in [3.8, 4) is 11.8 Å². The molecule has 0 amide bonds. The molecule has 20 heavy (non-hydrogen) atoms. The quantitative estimate of drug-likeness (QED) is 0.334. The molecule has 104 valence electrons. The van der Waals surface area contributed by atoms with E-state index in [9.17, 15) is 0 Å². The number of nitrogens with zero attached hydrogens (tertiary/aromatic N) is 3. The maximum Gasteiger partial charge on any atom is 0.322 e. The van der Waals surface area contributed by atoms with Crippen molar-refractivity contribution >= 4 is 5.84 Å². The lowest BCUT2D eigenvalue weighted by molar-refractivity contribution is 0.281. The number of aliphatic hydroxyl groups is 1. The standard InChI is InChI=1S/C13H14N4O3/c1-8-6-11(12(14)17-19)16-13(15-8)20-10-4-2-9(7-18)3-5-10/h2-6,18-19H,7H2,1H3,(H2,14,17). The van der Waals surface area contributed by atoms with Crippen molar-refractivity contribution in [3.63, 3.8) is 0 Å². The SMILES string of the molecule is Cc1cc(/C(N)=N/O)nc(Oc2ccc(CO)cc2)n1. The molecule has 0 fully saturated rings. The van der Waals surface area contributed by atoms with Crippen LogP contribution in [0.2, 0.25) is 0 Å². The van der Waals surface area contributed by atoms with E-state index in [4.69, 9.17) is 20.8 Å². The Balaban J connectivity index is 2.26. The number of aromatic nitrogens is 2. The van der Waals surface area contributed by atoms with E-state index in [1.54, 1.807) is 37.3 Å². The maximum absolute atomic E-state index is 8.96. The Morgan fingerprint density at radius 1 is 1.30 bits per heavy atom. The van der Waals surface area contributed by atoms with Crippen LogP contribution in [-0.4, -0.2) is 26.1 Å². The van der Waals surface area contributed by atoms with Gasteiger partial charge in [0.05, 0.1) is 6.61 Å². The predicted molar refractivity (Wildman–Crippen MR) is 71.7 cm³/mol. The topological polar surface area (TPSA) is 114 Å². The third-order valence-electron chi connectivity index (χ3n) is 2.52. The Hall–Kier alpha value is -2.67. The highest BCUT2D eigenvalue weighted by atomic mass is 16.5. The molecular formula is C13H14N4O3. The number of hydrogen-bond acceptors (Lipinski definition) is 6. The zero-order valence-electron chi connectivity index (χ0n) is 10.8. The summed E-state index contributed by atoms with van der Waals surface area (Å²) in [6.45, 7) is 1.71. The normalized spacial score (nSPS) is 11.4. The van der Waals surface area contributed by atoms with Crippen LogP contribution in [0.3, 0.4) is 0 Å². The van der Waals surface area contributed by atoms with Gasteiger partial charge in [-0.15, -0.1) is 0 Å². The minimum atomic E-state index is -0.115. The number of rotatable bonds is 4. The molecule has 0 spiro atoms. The highest BCUT2D eigenvalue weighted by Gasteiger charge is 2.08. The number of hydrogen-bond donors (Lipinski definition) is 3. The molecule has 1 aromatic carbocycles. The molecule has 0 saturated heterocycles. The predicted octanol–water partition coefficient (Wildman–Crippen LogP) is 1.16. The molecule has 0 aliphatic rings. The minimum Gasteiger partial charge on any atom is -0.424 e. The first kappa shape index (κ1) is 13.8. The van der Waals surface area contributed by atoms with E-state index in [0.717, 1.165) is 5.56 Å². The molecule has 7 heteroatoms. The van der Waals surface area contributed by atoms with Gasteiger partial charge in [-0.25, -0.2) is 4.98 Å². The number of aliphatic hydroxyl groups excluding tert-OH is 1. The number of aryl methyl sites for hydroxylation is 1. The highest BCUT2D eigenvalue weighted by Crippen LogP contribution is 2.19. The van der Waals surface area contributed by atoms with Crippen LogP contribution in [0.4, 0.5) is 0 Å². The van der Waals surface area contributed by atoms with Crippen LogP contribution in [0.25, 0.3) is 0 Å². The van der Waals surface area contributed by atoms with Crippen LogP contribution in [0, 0.1) is 6.92 Å². The molecular weight excluding hydrogens is 260 g/mol. The van der Waals surface area contributed by atoms with Gasteiger partial charge in [0.15, 0.2) is 5.84 Å². The van der Waals surface area contributed by atoms with E-state index in [-0.39, 0.29) is 24.1 Å². The number of benzene rings is 1. The molecule has 0 aliphatic heterocycles. The molecule has 1 aromatic heterocycles. The Morgan fingerprint density at radius 3 is 2.60 bits per heavy atom. The molecule has 2 rings (SSSR count).